The summed E-state index contributed by atoms with van der Waals surface area (Å²) >= 11 is 0. The van der Waals surface area contributed by atoms with Crippen molar-refractivity contribution in [1.82, 2.24) is 0 Å². The predicted molar refractivity (Wildman–Crippen MR) is 69.6 cm³/mol. The van der Waals surface area contributed by atoms with Gasteiger partial charge in [0.05, 0.1) is 39.6 Å². The van der Waals surface area contributed by atoms with E-state index in [1.54, 1.807) is 7.11 Å². The minimum Gasteiger partial charge on any atom is -0.382 e. The summed E-state index contributed by atoms with van der Waals surface area (Å²) in [6, 6.07) is 0. The molecule has 110 valence electrons. The largest absolute Gasteiger partial charge is 0.382 e. The molecule has 0 spiro atoms. The summed E-state index contributed by atoms with van der Waals surface area (Å²) in [6.07, 6.45) is 3.34. The Bertz CT molecular complexity index is 154. The SMILES string of the molecule is CCCCCC(O)OCCOCCOCCOC. The number of hydrogen-bond donors (Lipinski definition) is 1. The summed E-state index contributed by atoms with van der Waals surface area (Å²) in [4.78, 5) is 0. The van der Waals surface area contributed by atoms with Gasteiger partial charge in [-0.05, 0) is 12.8 Å². The molecule has 5 nitrogen and oxygen atoms in total. The Kier molecular flexibility index (Phi) is 14.7. The van der Waals surface area contributed by atoms with Crippen LogP contribution in [0.15, 0.2) is 0 Å². The molecule has 0 bridgehead atoms. The van der Waals surface area contributed by atoms with Crippen LogP contribution in [0.25, 0.3) is 0 Å². The van der Waals surface area contributed by atoms with Crippen LogP contribution in [0.2, 0.25) is 0 Å². The van der Waals surface area contributed by atoms with E-state index in [-0.39, 0.29) is 0 Å². The Balaban J connectivity index is 3.05. The Morgan fingerprint density at radius 1 is 0.889 bits per heavy atom. The average molecular weight is 264 g/mol. The van der Waals surface area contributed by atoms with E-state index in [4.69, 9.17) is 18.9 Å². The fourth-order valence-corrected chi connectivity index (χ4v) is 1.36. The third-order valence-electron chi connectivity index (χ3n) is 2.40. The number of methoxy groups -OCH3 is 1. The maximum atomic E-state index is 9.46. The molecule has 0 aromatic carbocycles. The summed E-state index contributed by atoms with van der Waals surface area (Å²) in [7, 11) is 1.64. The third-order valence-corrected chi connectivity index (χ3v) is 2.40. The molecular weight excluding hydrogens is 236 g/mol. The highest BCUT2D eigenvalue weighted by molar-refractivity contribution is 4.44. The fraction of sp³-hybridized carbons (Fsp3) is 1.00. The smallest absolute Gasteiger partial charge is 0.154 e. The molecule has 0 rings (SSSR count). The first-order chi connectivity index (χ1) is 8.81. The second-order valence-electron chi connectivity index (χ2n) is 4.04. The zero-order chi connectivity index (χ0) is 13.5. The summed E-state index contributed by atoms with van der Waals surface area (Å²) in [5.41, 5.74) is 0. The van der Waals surface area contributed by atoms with Crippen molar-refractivity contribution in [1.29, 1.82) is 0 Å². The Labute approximate surface area is 110 Å². The van der Waals surface area contributed by atoms with Gasteiger partial charge in [-0.3, -0.25) is 0 Å². The van der Waals surface area contributed by atoms with Gasteiger partial charge in [-0.1, -0.05) is 19.8 Å². The lowest BCUT2D eigenvalue weighted by Gasteiger charge is -2.11. The van der Waals surface area contributed by atoms with Crippen molar-refractivity contribution < 1.29 is 24.1 Å². The van der Waals surface area contributed by atoms with Crippen LogP contribution in [-0.2, 0) is 18.9 Å². The van der Waals surface area contributed by atoms with Crippen molar-refractivity contribution in [3.05, 3.63) is 0 Å². The average Bonchev–Trinajstić information content (AvgIpc) is 2.37. The molecule has 0 saturated carbocycles. The van der Waals surface area contributed by atoms with Crippen LogP contribution >= 0.6 is 0 Å². The first-order valence-corrected chi connectivity index (χ1v) is 6.75. The molecule has 1 N–H and O–H groups in total. The maximum Gasteiger partial charge on any atom is 0.154 e. The molecule has 5 heteroatoms. The minimum atomic E-state index is -0.655. The van der Waals surface area contributed by atoms with Crippen LogP contribution in [0.4, 0.5) is 0 Å². The number of aliphatic hydroxyl groups excluding tert-OH is 1. The minimum absolute atomic E-state index is 0.422. The zero-order valence-corrected chi connectivity index (χ0v) is 11.7. The summed E-state index contributed by atoms with van der Waals surface area (Å²) < 4.78 is 20.6. The lowest BCUT2D eigenvalue weighted by atomic mass is 10.2. The molecule has 1 atom stereocenters. The predicted octanol–water partition coefficient (Wildman–Crippen LogP) is 1.58. The third kappa shape index (κ3) is 13.9. The van der Waals surface area contributed by atoms with E-state index in [9.17, 15) is 5.11 Å². The molecule has 1 unspecified atom stereocenters. The molecule has 0 saturated heterocycles. The molecule has 0 amide bonds. The summed E-state index contributed by atoms with van der Waals surface area (Å²) in [6.45, 7) is 5.33. The van der Waals surface area contributed by atoms with Crippen LogP contribution in [0.5, 0.6) is 0 Å². The van der Waals surface area contributed by atoms with Gasteiger partial charge < -0.3 is 24.1 Å². The number of ether oxygens (including phenoxy) is 4. The van der Waals surface area contributed by atoms with Gasteiger partial charge in [0.15, 0.2) is 6.29 Å². The monoisotopic (exact) mass is 264 g/mol. The molecule has 0 aliphatic rings. The summed E-state index contributed by atoms with van der Waals surface area (Å²) in [5, 5.41) is 9.46. The molecule has 0 aliphatic carbocycles. The lowest BCUT2D eigenvalue weighted by Crippen LogP contribution is -2.17. The first kappa shape index (κ1) is 17.8. The van der Waals surface area contributed by atoms with E-state index in [2.05, 4.69) is 6.92 Å². The van der Waals surface area contributed by atoms with E-state index in [0.717, 1.165) is 19.3 Å². The van der Waals surface area contributed by atoms with Crippen molar-refractivity contribution in [2.75, 3.05) is 46.8 Å². The maximum absolute atomic E-state index is 9.46. The highest BCUT2D eigenvalue weighted by Crippen LogP contribution is 2.03. The van der Waals surface area contributed by atoms with E-state index < -0.39 is 6.29 Å². The van der Waals surface area contributed by atoms with Crippen LogP contribution in [0, 0.1) is 0 Å². The van der Waals surface area contributed by atoms with Crippen molar-refractivity contribution in [2.45, 2.75) is 38.9 Å². The first-order valence-electron chi connectivity index (χ1n) is 6.75. The van der Waals surface area contributed by atoms with Gasteiger partial charge in [-0.2, -0.15) is 0 Å². The highest BCUT2D eigenvalue weighted by Gasteiger charge is 2.02. The molecule has 0 radical (unpaired) electrons. The van der Waals surface area contributed by atoms with Gasteiger partial charge in [-0.15, -0.1) is 0 Å². The molecule has 0 aliphatic heterocycles. The van der Waals surface area contributed by atoms with Gasteiger partial charge in [0.25, 0.3) is 0 Å². The van der Waals surface area contributed by atoms with Crippen LogP contribution in [-0.4, -0.2) is 58.1 Å². The van der Waals surface area contributed by atoms with Gasteiger partial charge in [-0.25, -0.2) is 0 Å². The van der Waals surface area contributed by atoms with Gasteiger partial charge >= 0.3 is 0 Å². The number of hydrogen-bond acceptors (Lipinski definition) is 5. The Hall–Kier alpha value is -0.200. The topological polar surface area (TPSA) is 57.2 Å². The van der Waals surface area contributed by atoms with Crippen molar-refractivity contribution in [3.63, 3.8) is 0 Å². The Morgan fingerprint density at radius 3 is 2.11 bits per heavy atom. The molecule has 0 fully saturated rings. The standard InChI is InChI=1S/C13H28O5/c1-3-4-5-6-13(14)18-12-11-17-10-9-16-8-7-15-2/h13-14H,3-12H2,1-2H3. The normalized spacial score (nSPS) is 12.8. The lowest BCUT2D eigenvalue weighted by molar-refractivity contribution is -0.118. The summed E-state index contributed by atoms with van der Waals surface area (Å²) in [5.74, 6) is 0. The Morgan fingerprint density at radius 2 is 1.50 bits per heavy atom. The van der Waals surface area contributed by atoms with Crippen molar-refractivity contribution in [2.24, 2.45) is 0 Å². The van der Waals surface area contributed by atoms with Crippen LogP contribution < -0.4 is 0 Å². The second kappa shape index (κ2) is 14.9. The molecule has 0 heterocycles. The molecular formula is C13H28O5. The van der Waals surface area contributed by atoms with E-state index in [1.807, 2.05) is 0 Å². The quantitative estimate of drug-likeness (QED) is 0.381. The van der Waals surface area contributed by atoms with E-state index >= 15 is 0 Å². The second-order valence-corrected chi connectivity index (χ2v) is 4.04. The van der Waals surface area contributed by atoms with Gasteiger partial charge in [0.1, 0.15) is 0 Å². The van der Waals surface area contributed by atoms with Crippen molar-refractivity contribution in [3.8, 4) is 0 Å². The highest BCUT2D eigenvalue weighted by atomic mass is 16.6. The number of rotatable bonds is 14. The van der Waals surface area contributed by atoms with Gasteiger partial charge in [0.2, 0.25) is 0 Å². The molecule has 0 aromatic rings. The van der Waals surface area contributed by atoms with Gasteiger partial charge in [0, 0.05) is 7.11 Å². The van der Waals surface area contributed by atoms with Crippen LogP contribution in [0.1, 0.15) is 32.6 Å². The molecule has 18 heavy (non-hydrogen) atoms. The van der Waals surface area contributed by atoms with Crippen LogP contribution in [0.3, 0.4) is 0 Å². The zero-order valence-electron chi connectivity index (χ0n) is 11.7. The number of unbranched alkanes of at least 4 members (excludes halogenated alkanes) is 2. The number of aliphatic hydroxyl groups is 1. The van der Waals surface area contributed by atoms with E-state index in [0.29, 0.717) is 46.1 Å². The molecule has 0 aromatic heterocycles. The van der Waals surface area contributed by atoms with E-state index in [1.165, 1.54) is 0 Å². The fourth-order valence-electron chi connectivity index (χ4n) is 1.36. The van der Waals surface area contributed by atoms with Crippen molar-refractivity contribution >= 4 is 0 Å².